The number of nitrogens with one attached hydrogen (secondary N) is 1. The molecule has 0 atom stereocenters. The van der Waals surface area contributed by atoms with Crippen molar-refractivity contribution in [2.24, 2.45) is 5.73 Å². The first-order valence-corrected chi connectivity index (χ1v) is 4.80. The molecule has 4 heteroatoms. The predicted octanol–water partition coefficient (Wildman–Crippen LogP) is 0.992. The largest absolute Gasteiger partial charge is 0.481 e. The van der Waals surface area contributed by atoms with Crippen molar-refractivity contribution in [3.63, 3.8) is 0 Å². The van der Waals surface area contributed by atoms with Crippen molar-refractivity contribution in [2.45, 2.75) is 24.9 Å². The number of rotatable bonds is 3. The molecule has 0 bridgehead atoms. The number of hydrogen-bond acceptors (Lipinski definition) is 4. The number of methoxy groups -OCH3 is 1. The van der Waals surface area contributed by atoms with Gasteiger partial charge >= 0.3 is 0 Å². The van der Waals surface area contributed by atoms with Crippen LogP contribution in [0.25, 0.3) is 0 Å². The van der Waals surface area contributed by atoms with Gasteiger partial charge in [-0.1, -0.05) is 0 Å². The van der Waals surface area contributed by atoms with Crippen LogP contribution in [-0.4, -0.2) is 24.2 Å². The molecule has 1 fully saturated rings. The van der Waals surface area contributed by atoms with Crippen LogP contribution in [0.5, 0.6) is 5.88 Å². The van der Waals surface area contributed by atoms with Crippen LogP contribution >= 0.6 is 0 Å². The quantitative estimate of drug-likeness (QED) is 0.751. The molecule has 4 nitrogen and oxygen atoms in total. The van der Waals surface area contributed by atoms with E-state index in [4.69, 9.17) is 10.5 Å². The van der Waals surface area contributed by atoms with E-state index in [2.05, 4.69) is 10.3 Å². The molecule has 1 aliphatic rings. The van der Waals surface area contributed by atoms with Gasteiger partial charge in [-0.3, -0.25) is 0 Å². The summed E-state index contributed by atoms with van der Waals surface area (Å²) in [7, 11) is 1.61. The Bertz CT molecular complexity index is 293. The van der Waals surface area contributed by atoms with Crippen molar-refractivity contribution < 1.29 is 4.74 Å². The number of aromatic nitrogens is 1. The SMILES string of the molecule is COc1ccc(NC2CC(N)C2)cn1. The van der Waals surface area contributed by atoms with E-state index in [0.717, 1.165) is 18.5 Å². The lowest BCUT2D eigenvalue weighted by Crippen LogP contribution is -2.44. The smallest absolute Gasteiger partial charge is 0.213 e. The number of pyridine rings is 1. The molecule has 0 spiro atoms. The third-order valence-corrected chi connectivity index (χ3v) is 2.49. The average molecular weight is 193 g/mol. The monoisotopic (exact) mass is 193 g/mol. The molecule has 0 radical (unpaired) electrons. The highest BCUT2D eigenvalue weighted by atomic mass is 16.5. The highest BCUT2D eigenvalue weighted by molar-refractivity contribution is 5.43. The lowest BCUT2D eigenvalue weighted by atomic mass is 9.87. The molecule has 1 heterocycles. The summed E-state index contributed by atoms with van der Waals surface area (Å²) < 4.78 is 4.97. The minimum atomic E-state index is 0.374. The second-order valence-corrected chi connectivity index (χ2v) is 3.66. The molecule has 1 aromatic rings. The van der Waals surface area contributed by atoms with Gasteiger partial charge in [-0.2, -0.15) is 0 Å². The molecule has 0 aliphatic heterocycles. The third kappa shape index (κ3) is 1.96. The number of anilines is 1. The Kier molecular flexibility index (Phi) is 2.54. The maximum atomic E-state index is 5.69. The van der Waals surface area contributed by atoms with Gasteiger partial charge in [-0.05, 0) is 18.9 Å². The molecule has 2 rings (SSSR count). The molecule has 14 heavy (non-hydrogen) atoms. The van der Waals surface area contributed by atoms with Crippen LogP contribution in [-0.2, 0) is 0 Å². The fourth-order valence-electron chi connectivity index (χ4n) is 1.60. The Morgan fingerprint density at radius 3 is 2.79 bits per heavy atom. The standard InChI is InChI=1S/C10H15N3O/c1-14-10-3-2-8(6-12-10)13-9-4-7(11)5-9/h2-3,6-7,9,13H,4-5,11H2,1H3. The highest BCUT2D eigenvalue weighted by Crippen LogP contribution is 2.22. The maximum Gasteiger partial charge on any atom is 0.213 e. The second-order valence-electron chi connectivity index (χ2n) is 3.66. The molecular formula is C10H15N3O. The summed E-state index contributed by atoms with van der Waals surface area (Å²) in [6, 6.07) is 4.70. The van der Waals surface area contributed by atoms with Crippen molar-refractivity contribution in [3.8, 4) is 5.88 Å². The zero-order valence-electron chi connectivity index (χ0n) is 8.23. The molecule has 0 saturated heterocycles. The minimum absolute atomic E-state index is 0.374. The van der Waals surface area contributed by atoms with Crippen molar-refractivity contribution >= 4 is 5.69 Å². The van der Waals surface area contributed by atoms with Gasteiger partial charge in [0.15, 0.2) is 0 Å². The number of nitrogens with zero attached hydrogens (tertiary/aromatic N) is 1. The summed E-state index contributed by atoms with van der Waals surface area (Å²) in [5, 5.41) is 3.36. The van der Waals surface area contributed by atoms with Gasteiger partial charge in [0.05, 0.1) is 19.0 Å². The summed E-state index contributed by atoms with van der Waals surface area (Å²) >= 11 is 0. The topological polar surface area (TPSA) is 60.2 Å². The van der Waals surface area contributed by atoms with Gasteiger partial charge in [0.2, 0.25) is 5.88 Å². The van der Waals surface area contributed by atoms with E-state index in [1.54, 1.807) is 13.3 Å². The van der Waals surface area contributed by atoms with Gasteiger partial charge in [0.25, 0.3) is 0 Å². The Labute approximate surface area is 83.5 Å². The van der Waals surface area contributed by atoms with E-state index in [0.29, 0.717) is 18.0 Å². The summed E-state index contributed by atoms with van der Waals surface area (Å²) in [5.41, 5.74) is 6.72. The number of hydrogen-bond donors (Lipinski definition) is 2. The molecule has 3 N–H and O–H groups in total. The normalized spacial score (nSPS) is 25.3. The predicted molar refractivity (Wildman–Crippen MR) is 55.4 cm³/mol. The van der Waals surface area contributed by atoms with E-state index < -0.39 is 0 Å². The van der Waals surface area contributed by atoms with Crippen LogP contribution in [0, 0.1) is 0 Å². The molecule has 0 aromatic carbocycles. The zero-order chi connectivity index (χ0) is 9.97. The summed E-state index contributed by atoms with van der Waals surface area (Å²) in [6.07, 6.45) is 3.88. The highest BCUT2D eigenvalue weighted by Gasteiger charge is 2.25. The van der Waals surface area contributed by atoms with E-state index in [1.807, 2.05) is 12.1 Å². The summed E-state index contributed by atoms with van der Waals surface area (Å²) in [4.78, 5) is 4.11. The Hall–Kier alpha value is -1.29. The Morgan fingerprint density at radius 2 is 2.29 bits per heavy atom. The lowest BCUT2D eigenvalue weighted by Gasteiger charge is -2.33. The molecular weight excluding hydrogens is 178 g/mol. The summed E-state index contributed by atoms with van der Waals surface area (Å²) in [5.74, 6) is 0.640. The van der Waals surface area contributed by atoms with E-state index >= 15 is 0 Å². The first kappa shape index (κ1) is 9.27. The fraction of sp³-hybridized carbons (Fsp3) is 0.500. The first-order chi connectivity index (χ1) is 6.78. The van der Waals surface area contributed by atoms with Crippen LogP contribution in [0.4, 0.5) is 5.69 Å². The minimum Gasteiger partial charge on any atom is -0.481 e. The first-order valence-electron chi connectivity index (χ1n) is 4.80. The molecule has 0 amide bonds. The van der Waals surface area contributed by atoms with Gasteiger partial charge in [0.1, 0.15) is 0 Å². The van der Waals surface area contributed by atoms with Crippen molar-refractivity contribution in [2.75, 3.05) is 12.4 Å². The second kappa shape index (κ2) is 3.84. The third-order valence-electron chi connectivity index (χ3n) is 2.49. The van der Waals surface area contributed by atoms with Gasteiger partial charge in [-0.15, -0.1) is 0 Å². The van der Waals surface area contributed by atoms with Crippen molar-refractivity contribution in [1.82, 2.24) is 4.98 Å². The fourth-order valence-corrected chi connectivity index (χ4v) is 1.60. The molecule has 1 aliphatic carbocycles. The van der Waals surface area contributed by atoms with Gasteiger partial charge in [-0.25, -0.2) is 4.98 Å². The molecule has 0 unspecified atom stereocenters. The zero-order valence-corrected chi connectivity index (χ0v) is 8.23. The van der Waals surface area contributed by atoms with Crippen LogP contribution in [0.15, 0.2) is 18.3 Å². The Balaban J connectivity index is 1.90. The van der Waals surface area contributed by atoms with Crippen LogP contribution in [0.3, 0.4) is 0 Å². The summed E-state index contributed by atoms with van der Waals surface area (Å²) in [6.45, 7) is 0. The molecule has 1 saturated carbocycles. The maximum absolute atomic E-state index is 5.69. The van der Waals surface area contributed by atoms with Gasteiger partial charge < -0.3 is 15.8 Å². The van der Waals surface area contributed by atoms with Gasteiger partial charge in [0, 0.05) is 18.2 Å². The van der Waals surface area contributed by atoms with E-state index in [9.17, 15) is 0 Å². The molecule has 76 valence electrons. The average Bonchev–Trinajstić information content (AvgIpc) is 2.17. The van der Waals surface area contributed by atoms with E-state index in [1.165, 1.54) is 0 Å². The van der Waals surface area contributed by atoms with E-state index in [-0.39, 0.29) is 0 Å². The molecule has 1 aromatic heterocycles. The van der Waals surface area contributed by atoms with Crippen molar-refractivity contribution in [3.05, 3.63) is 18.3 Å². The number of nitrogens with two attached hydrogens (primary N) is 1. The van der Waals surface area contributed by atoms with Crippen molar-refractivity contribution in [1.29, 1.82) is 0 Å². The number of ether oxygens (including phenoxy) is 1. The lowest BCUT2D eigenvalue weighted by molar-refractivity contribution is 0.373. The Morgan fingerprint density at radius 1 is 1.50 bits per heavy atom. The van der Waals surface area contributed by atoms with Crippen LogP contribution in [0.2, 0.25) is 0 Å². The van der Waals surface area contributed by atoms with Crippen LogP contribution in [0.1, 0.15) is 12.8 Å². The van der Waals surface area contributed by atoms with Crippen LogP contribution < -0.4 is 15.8 Å².